The average molecular weight is 360 g/mol. The van der Waals surface area contributed by atoms with Crippen molar-refractivity contribution in [3.05, 3.63) is 26.7 Å². The van der Waals surface area contributed by atoms with Gasteiger partial charge >= 0.3 is 5.69 Å². The Bertz CT molecular complexity index is 911. The minimum absolute atomic E-state index is 0.155. The van der Waals surface area contributed by atoms with Gasteiger partial charge in [0, 0.05) is 19.0 Å². The second-order valence-corrected chi connectivity index (χ2v) is 8.03. The van der Waals surface area contributed by atoms with Crippen molar-refractivity contribution in [2.75, 3.05) is 0 Å². The molecule has 0 bridgehead atoms. The van der Waals surface area contributed by atoms with E-state index in [1.165, 1.54) is 4.57 Å². The molecule has 2 atom stereocenters. The van der Waals surface area contributed by atoms with Crippen LogP contribution in [0.5, 0.6) is 0 Å². The Balaban J connectivity index is 1.77. The van der Waals surface area contributed by atoms with Crippen LogP contribution in [0.1, 0.15) is 64.1 Å². The largest absolute Gasteiger partial charge is 0.393 e. The maximum absolute atomic E-state index is 12.8. The van der Waals surface area contributed by atoms with Crippen molar-refractivity contribution in [3.63, 3.8) is 0 Å². The molecule has 0 aliphatic heterocycles. The van der Waals surface area contributed by atoms with E-state index in [-0.39, 0.29) is 23.3 Å². The highest BCUT2D eigenvalue weighted by Gasteiger charge is 2.42. The standard InChI is InChI=1S/C19H28N4O3/c1-3-5-22-17-15(18(25)23(6-4-2)19(22)26)20-16(21-17)13-7-11-9-14(24)10-12(11)8-13/h11-14,24H,3-10H2,1-2H3,(H,20,21). The summed E-state index contributed by atoms with van der Waals surface area (Å²) in [5.41, 5.74) is 0.446. The molecular formula is C19H28N4O3. The van der Waals surface area contributed by atoms with E-state index >= 15 is 0 Å². The Labute approximate surface area is 152 Å². The van der Waals surface area contributed by atoms with E-state index in [2.05, 4.69) is 4.98 Å². The van der Waals surface area contributed by atoms with Crippen molar-refractivity contribution in [1.29, 1.82) is 0 Å². The van der Waals surface area contributed by atoms with Gasteiger partial charge in [-0.25, -0.2) is 9.78 Å². The molecule has 142 valence electrons. The lowest BCUT2D eigenvalue weighted by atomic mass is 10.0. The van der Waals surface area contributed by atoms with E-state index in [0.29, 0.717) is 36.1 Å². The van der Waals surface area contributed by atoms with Crippen molar-refractivity contribution < 1.29 is 5.11 Å². The minimum Gasteiger partial charge on any atom is -0.393 e. The Morgan fingerprint density at radius 2 is 1.65 bits per heavy atom. The average Bonchev–Trinajstić information content (AvgIpc) is 3.27. The van der Waals surface area contributed by atoms with Crippen LogP contribution in [0.2, 0.25) is 0 Å². The number of hydrogen-bond donors (Lipinski definition) is 2. The van der Waals surface area contributed by atoms with Gasteiger partial charge in [-0.3, -0.25) is 13.9 Å². The quantitative estimate of drug-likeness (QED) is 0.852. The van der Waals surface area contributed by atoms with Crippen LogP contribution < -0.4 is 11.2 Å². The summed E-state index contributed by atoms with van der Waals surface area (Å²) in [7, 11) is 0. The van der Waals surface area contributed by atoms with Gasteiger partial charge in [0.2, 0.25) is 0 Å². The first-order valence-electron chi connectivity index (χ1n) is 9.94. The van der Waals surface area contributed by atoms with E-state index in [1.807, 2.05) is 13.8 Å². The molecular weight excluding hydrogens is 332 g/mol. The third-order valence-electron chi connectivity index (χ3n) is 6.15. The monoisotopic (exact) mass is 360 g/mol. The van der Waals surface area contributed by atoms with Crippen LogP contribution in [0.4, 0.5) is 0 Å². The van der Waals surface area contributed by atoms with Gasteiger partial charge in [-0.15, -0.1) is 0 Å². The first-order valence-corrected chi connectivity index (χ1v) is 9.94. The van der Waals surface area contributed by atoms with E-state index in [9.17, 15) is 14.7 Å². The number of H-pyrrole nitrogens is 1. The molecule has 0 amide bonds. The Morgan fingerprint density at radius 1 is 1.04 bits per heavy atom. The summed E-state index contributed by atoms with van der Waals surface area (Å²) in [6.45, 7) is 4.97. The molecule has 2 aromatic heterocycles. The molecule has 2 saturated carbocycles. The summed E-state index contributed by atoms with van der Waals surface area (Å²) < 4.78 is 2.98. The Hall–Kier alpha value is -1.89. The molecule has 4 rings (SSSR count). The van der Waals surface area contributed by atoms with Crippen LogP contribution >= 0.6 is 0 Å². The zero-order chi connectivity index (χ0) is 18.4. The third kappa shape index (κ3) is 2.73. The van der Waals surface area contributed by atoms with Gasteiger partial charge in [0.1, 0.15) is 11.3 Å². The number of aryl methyl sites for hydroxylation is 1. The second kappa shape index (κ2) is 6.68. The second-order valence-electron chi connectivity index (χ2n) is 8.03. The lowest BCUT2D eigenvalue weighted by molar-refractivity contribution is 0.171. The molecule has 0 radical (unpaired) electrons. The summed E-state index contributed by atoms with van der Waals surface area (Å²) in [6, 6.07) is 0. The molecule has 2 fully saturated rings. The van der Waals surface area contributed by atoms with Crippen LogP contribution in [-0.2, 0) is 13.1 Å². The Kier molecular flexibility index (Phi) is 4.50. The normalized spacial score (nSPS) is 28.1. The number of aliphatic hydroxyl groups is 1. The topological polar surface area (TPSA) is 92.9 Å². The molecule has 0 spiro atoms. The molecule has 2 aliphatic rings. The van der Waals surface area contributed by atoms with Gasteiger partial charge in [0.15, 0.2) is 5.65 Å². The number of imidazole rings is 1. The van der Waals surface area contributed by atoms with Crippen LogP contribution in [0.15, 0.2) is 9.59 Å². The van der Waals surface area contributed by atoms with Gasteiger partial charge in [0.05, 0.1) is 6.10 Å². The van der Waals surface area contributed by atoms with Crippen molar-refractivity contribution in [3.8, 4) is 0 Å². The lowest BCUT2D eigenvalue weighted by Crippen LogP contribution is -2.40. The summed E-state index contributed by atoms with van der Waals surface area (Å²) in [6.07, 6.45) is 5.16. The van der Waals surface area contributed by atoms with Crippen LogP contribution in [0.3, 0.4) is 0 Å². The molecule has 0 aromatic carbocycles. The molecule has 2 N–H and O–H groups in total. The Morgan fingerprint density at radius 3 is 2.27 bits per heavy atom. The van der Waals surface area contributed by atoms with E-state index in [1.54, 1.807) is 4.57 Å². The fourth-order valence-corrected chi connectivity index (χ4v) is 5.03. The van der Waals surface area contributed by atoms with Gasteiger partial charge < -0.3 is 10.1 Å². The SMILES string of the molecule is CCCn1c(=O)c2[nH]c(C3CC4CC(O)CC4C3)nc2n(CCC)c1=O. The zero-order valence-electron chi connectivity index (χ0n) is 15.6. The highest BCUT2D eigenvalue weighted by Crippen LogP contribution is 2.50. The lowest BCUT2D eigenvalue weighted by Gasteiger charge is -2.09. The summed E-state index contributed by atoms with van der Waals surface area (Å²) in [5, 5.41) is 9.84. The number of nitrogens with one attached hydrogen (secondary N) is 1. The van der Waals surface area contributed by atoms with Gasteiger partial charge in [-0.2, -0.15) is 0 Å². The number of aromatic nitrogens is 4. The number of aromatic amines is 1. The molecule has 7 nitrogen and oxygen atoms in total. The molecule has 2 heterocycles. The molecule has 0 saturated heterocycles. The zero-order valence-corrected chi connectivity index (χ0v) is 15.6. The predicted molar refractivity (Wildman–Crippen MR) is 99.4 cm³/mol. The number of fused-ring (bicyclic) bond motifs is 2. The van der Waals surface area contributed by atoms with Crippen LogP contribution in [0, 0.1) is 11.8 Å². The van der Waals surface area contributed by atoms with Gasteiger partial charge in [-0.1, -0.05) is 13.8 Å². The minimum atomic E-state index is -0.258. The third-order valence-corrected chi connectivity index (χ3v) is 6.15. The molecule has 26 heavy (non-hydrogen) atoms. The highest BCUT2D eigenvalue weighted by molar-refractivity contribution is 5.70. The summed E-state index contributed by atoms with van der Waals surface area (Å²) in [4.78, 5) is 33.5. The van der Waals surface area contributed by atoms with E-state index in [0.717, 1.165) is 44.3 Å². The molecule has 7 heteroatoms. The summed E-state index contributed by atoms with van der Waals surface area (Å²) in [5.74, 6) is 2.23. The number of rotatable bonds is 5. The fraction of sp³-hybridized carbons (Fsp3) is 0.737. The molecule has 2 unspecified atom stereocenters. The maximum Gasteiger partial charge on any atom is 0.332 e. The predicted octanol–water partition coefficient (Wildman–Crippen LogP) is 1.97. The fourth-order valence-electron chi connectivity index (χ4n) is 5.03. The maximum atomic E-state index is 12.8. The molecule has 2 aromatic rings. The van der Waals surface area contributed by atoms with Crippen LogP contribution in [-0.4, -0.2) is 30.3 Å². The van der Waals surface area contributed by atoms with Crippen molar-refractivity contribution in [1.82, 2.24) is 19.1 Å². The number of aliphatic hydroxyl groups excluding tert-OH is 1. The first-order chi connectivity index (χ1) is 12.5. The number of nitrogens with zero attached hydrogens (tertiary/aromatic N) is 3. The van der Waals surface area contributed by atoms with Gasteiger partial charge in [-0.05, 0) is 50.4 Å². The van der Waals surface area contributed by atoms with E-state index < -0.39 is 0 Å². The van der Waals surface area contributed by atoms with Crippen molar-refractivity contribution in [2.24, 2.45) is 11.8 Å². The van der Waals surface area contributed by atoms with Crippen molar-refractivity contribution >= 4 is 11.2 Å². The van der Waals surface area contributed by atoms with Gasteiger partial charge in [0.25, 0.3) is 5.56 Å². The molecule has 2 aliphatic carbocycles. The number of hydrogen-bond acceptors (Lipinski definition) is 4. The summed E-state index contributed by atoms with van der Waals surface area (Å²) >= 11 is 0. The highest BCUT2D eigenvalue weighted by atomic mass is 16.3. The van der Waals surface area contributed by atoms with Crippen molar-refractivity contribution in [2.45, 2.75) is 77.5 Å². The smallest absolute Gasteiger partial charge is 0.332 e. The van der Waals surface area contributed by atoms with E-state index in [4.69, 9.17) is 4.98 Å². The van der Waals surface area contributed by atoms with Crippen LogP contribution in [0.25, 0.3) is 11.2 Å². The first kappa shape index (κ1) is 17.5.